The van der Waals surface area contributed by atoms with Crippen LogP contribution in [0.2, 0.25) is 0 Å². The number of rotatable bonds is 4. The lowest BCUT2D eigenvalue weighted by Gasteiger charge is -2.02. The molecule has 0 fully saturated rings. The molecule has 3 rings (SSSR count). The Balaban J connectivity index is 1.70. The topological polar surface area (TPSA) is 88.5 Å². The van der Waals surface area contributed by atoms with Crippen LogP contribution in [-0.4, -0.2) is 30.9 Å². The minimum Gasteiger partial charge on any atom is -0.288 e. The van der Waals surface area contributed by atoms with Crippen molar-refractivity contribution in [3.05, 3.63) is 57.4 Å². The first-order valence-corrected chi connectivity index (χ1v) is 7.34. The Kier molecular flexibility index (Phi) is 4.13. The van der Waals surface area contributed by atoms with Crippen LogP contribution in [0.3, 0.4) is 0 Å². The van der Waals surface area contributed by atoms with Crippen LogP contribution in [0.5, 0.6) is 0 Å². The first-order chi connectivity index (χ1) is 10.6. The van der Waals surface area contributed by atoms with Crippen LogP contribution in [0.15, 0.2) is 36.8 Å². The van der Waals surface area contributed by atoms with Crippen molar-refractivity contribution in [2.75, 3.05) is 5.32 Å². The Morgan fingerprint density at radius 1 is 1.41 bits per heavy atom. The standard InChI is InChI=1S/C13H10FIN6O/c14-9-4-2-1-3-8(9)6-21-7-16-13(20-21)18-12(22)11-10(15)5-17-19-11/h1-5,7H,6H2,(H,17,19)(H,18,20,22). The van der Waals surface area contributed by atoms with Gasteiger partial charge < -0.3 is 0 Å². The zero-order chi connectivity index (χ0) is 15.5. The lowest BCUT2D eigenvalue weighted by Crippen LogP contribution is -2.15. The van der Waals surface area contributed by atoms with E-state index in [-0.39, 0.29) is 24.2 Å². The van der Waals surface area contributed by atoms with Gasteiger partial charge in [-0.1, -0.05) is 18.2 Å². The number of carbonyl (C=O) groups is 1. The molecular formula is C13H10FIN6O. The molecule has 0 unspecified atom stereocenters. The SMILES string of the molecule is O=C(Nc1ncn(Cc2ccccc2F)n1)c1[nH]ncc1I. The first kappa shape index (κ1) is 14.6. The third kappa shape index (κ3) is 3.13. The average molecular weight is 412 g/mol. The normalized spacial score (nSPS) is 10.6. The van der Waals surface area contributed by atoms with E-state index in [1.54, 1.807) is 24.4 Å². The van der Waals surface area contributed by atoms with E-state index in [4.69, 9.17) is 0 Å². The Hall–Kier alpha value is -2.30. The summed E-state index contributed by atoms with van der Waals surface area (Å²) in [5.74, 6) is -0.548. The molecule has 22 heavy (non-hydrogen) atoms. The van der Waals surface area contributed by atoms with Crippen molar-refractivity contribution in [2.24, 2.45) is 0 Å². The summed E-state index contributed by atoms with van der Waals surface area (Å²) in [5.41, 5.74) is 0.833. The van der Waals surface area contributed by atoms with E-state index in [2.05, 4.69) is 25.6 Å². The Labute approximate surface area is 138 Å². The van der Waals surface area contributed by atoms with Crippen molar-refractivity contribution >= 4 is 34.4 Å². The molecule has 0 radical (unpaired) electrons. The van der Waals surface area contributed by atoms with E-state index < -0.39 is 0 Å². The van der Waals surface area contributed by atoms with Crippen LogP contribution in [0.1, 0.15) is 16.1 Å². The van der Waals surface area contributed by atoms with Crippen LogP contribution in [0.4, 0.5) is 10.3 Å². The number of aromatic nitrogens is 5. The number of nitrogens with zero attached hydrogens (tertiary/aromatic N) is 4. The van der Waals surface area contributed by atoms with Gasteiger partial charge in [0.1, 0.15) is 17.8 Å². The molecule has 0 saturated carbocycles. The minimum absolute atomic E-state index is 0.145. The third-order valence-electron chi connectivity index (χ3n) is 2.87. The average Bonchev–Trinajstić information content (AvgIpc) is 3.10. The Morgan fingerprint density at radius 2 is 2.23 bits per heavy atom. The van der Waals surface area contributed by atoms with E-state index in [0.717, 1.165) is 0 Å². The van der Waals surface area contributed by atoms with Crippen LogP contribution < -0.4 is 5.32 Å². The van der Waals surface area contributed by atoms with Crippen LogP contribution in [0.25, 0.3) is 0 Å². The van der Waals surface area contributed by atoms with Gasteiger partial charge in [-0.05, 0) is 28.7 Å². The van der Waals surface area contributed by atoms with E-state index in [1.165, 1.54) is 17.1 Å². The fraction of sp³-hybridized carbons (Fsp3) is 0.0769. The molecule has 0 saturated heterocycles. The first-order valence-electron chi connectivity index (χ1n) is 6.26. The largest absolute Gasteiger partial charge is 0.288 e. The Morgan fingerprint density at radius 3 is 2.95 bits per heavy atom. The molecule has 7 nitrogen and oxygen atoms in total. The highest BCUT2D eigenvalue weighted by Crippen LogP contribution is 2.11. The highest BCUT2D eigenvalue weighted by Gasteiger charge is 2.14. The predicted octanol–water partition coefficient (Wildman–Crippen LogP) is 2.05. The van der Waals surface area contributed by atoms with Crippen LogP contribution in [-0.2, 0) is 6.54 Å². The number of H-pyrrole nitrogens is 1. The van der Waals surface area contributed by atoms with Crippen molar-refractivity contribution in [3.63, 3.8) is 0 Å². The highest BCUT2D eigenvalue weighted by atomic mass is 127. The lowest BCUT2D eigenvalue weighted by atomic mass is 10.2. The third-order valence-corrected chi connectivity index (χ3v) is 3.69. The summed E-state index contributed by atoms with van der Waals surface area (Å²) in [4.78, 5) is 16.0. The lowest BCUT2D eigenvalue weighted by molar-refractivity contribution is 0.102. The van der Waals surface area contributed by atoms with Gasteiger partial charge in [0.25, 0.3) is 5.91 Å². The fourth-order valence-corrected chi connectivity index (χ4v) is 2.33. The number of hydrogen-bond donors (Lipinski definition) is 2. The monoisotopic (exact) mass is 412 g/mol. The number of amides is 1. The summed E-state index contributed by atoms with van der Waals surface area (Å²) in [5, 5.41) is 13.0. The number of hydrogen-bond acceptors (Lipinski definition) is 4. The highest BCUT2D eigenvalue weighted by molar-refractivity contribution is 14.1. The number of aromatic amines is 1. The number of carbonyl (C=O) groups excluding carboxylic acids is 1. The summed E-state index contributed by atoms with van der Waals surface area (Å²) in [6.45, 7) is 0.233. The van der Waals surface area contributed by atoms with Gasteiger partial charge in [-0.2, -0.15) is 5.10 Å². The maximum atomic E-state index is 13.6. The van der Waals surface area contributed by atoms with Gasteiger partial charge in [-0.15, -0.1) is 5.10 Å². The summed E-state index contributed by atoms with van der Waals surface area (Å²) in [7, 11) is 0. The molecule has 112 valence electrons. The molecular weight excluding hydrogens is 402 g/mol. The van der Waals surface area contributed by atoms with E-state index >= 15 is 0 Å². The second kappa shape index (κ2) is 6.22. The number of anilines is 1. The summed E-state index contributed by atoms with van der Waals surface area (Å²) >= 11 is 2.00. The van der Waals surface area contributed by atoms with Crippen molar-refractivity contribution in [2.45, 2.75) is 6.54 Å². The molecule has 0 atom stereocenters. The minimum atomic E-state index is -0.384. The van der Waals surface area contributed by atoms with Gasteiger partial charge in [-0.3, -0.25) is 15.2 Å². The molecule has 1 amide bonds. The summed E-state index contributed by atoms with van der Waals surface area (Å²) in [6, 6.07) is 6.42. The van der Waals surface area contributed by atoms with E-state index in [9.17, 15) is 9.18 Å². The maximum absolute atomic E-state index is 13.6. The predicted molar refractivity (Wildman–Crippen MR) is 84.8 cm³/mol. The molecule has 1 aromatic carbocycles. The van der Waals surface area contributed by atoms with Gasteiger partial charge in [-0.25, -0.2) is 14.1 Å². The van der Waals surface area contributed by atoms with Crippen LogP contribution >= 0.6 is 22.6 Å². The second-order valence-corrected chi connectivity index (χ2v) is 5.57. The summed E-state index contributed by atoms with van der Waals surface area (Å²) in [6.07, 6.45) is 2.97. The Bertz CT molecular complexity index is 814. The van der Waals surface area contributed by atoms with Gasteiger partial charge >= 0.3 is 0 Å². The molecule has 2 N–H and O–H groups in total. The van der Waals surface area contributed by atoms with E-state index in [1.807, 2.05) is 22.6 Å². The molecule has 2 heterocycles. The smallest absolute Gasteiger partial charge is 0.277 e. The number of benzene rings is 1. The molecule has 0 aliphatic rings. The molecule has 0 aliphatic heterocycles. The molecule has 2 aromatic heterocycles. The van der Waals surface area contributed by atoms with Crippen LogP contribution in [0, 0.1) is 9.39 Å². The quantitative estimate of drug-likeness (QED) is 0.643. The number of nitrogens with one attached hydrogen (secondary N) is 2. The van der Waals surface area contributed by atoms with E-state index in [0.29, 0.717) is 14.8 Å². The molecule has 0 bridgehead atoms. The van der Waals surface area contributed by atoms with Crippen molar-refractivity contribution in [1.29, 1.82) is 0 Å². The summed E-state index contributed by atoms with van der Waals surface area (Å²) < 4.78 is 15.7. The molecule has 0 aliphatic carbocycles. The molecule has 9 heteroatoms. The van der Waals surface area contributed by atoms with Gasteiger partial charge in [0.05, 0.1) is 16.3 Å². The maximum Gasteiger partial charge on any atom is 0.277 e. The fourth-order valence-electron chi connectivity index (χ4n) is 1.82. The molecule has 3 aromatic rings. The van der Waals surface area contributed by atoms with Gasteiger partial charge in [0.2, 0.25) is 5.95 Å². The zero-order valence-electron chi connectivity index (χ0n) is 11.1. The van der Waals surface area contributed by atoms with Crippen molar-refractivity contribution in [3.8, 4) is 0 Å². The van der Waals surface area contributed by atoms with Gasteiger partial charge in [0.15, 0.2) is 0 Å². The van der Waals surface area contributed by atoms with Crippen molar-refractivity contribution < 1.29 is 9.18 Å². The second-order valence-electron chi connectivity index (χ2n) is 4.40. The zero-order valence-corrected chi connectivity index (χ0v) is 13.3. The van der Waals surface area contributed by atoms with Gasteiger partial charge in [0, 0.05) is 5.56 Å². The number of halogens is 2. The van der Waals surface area contributed by atoms with Crippen molar-refractivity contribution in [1.82, 2.24) is 25.0 Å². The molecule has 0 spiro atoms.